The first kappa shape index (κ1) is 12.7. The Morgan fingerprint density at radius 1 is 1.44 bits per heavy atom. The van der Waals surface area contributed by atoms with Crippen molar-refractivity contribution in [1.82, 2.24) is 9.97 Å². The lowest BCUT2D eigenvalue weighted by Crippen LogP contribution is -2.12. The summed E-state index contributed by atoms with van der Waals surface area (Å²) >= 11 is 0. The number of rotatable bonds is 7. The van der Waals surface area contributed by atoms with Gasteiger partial charge in [-0.1, -0.05) is 0 Å². The molecule has 5 nitrogen and oxygen atoms in total. The zero-order valence-electron chi connectivity index (χ0n) is 9.88. The topological polar surface area (TPSA) is 67.0 Å². The van der Waals surface area contributed by atoms with E-state index in [2.05, 4.69) is 15.3 Å². The number of hydrogen-bond acceptors (Lipinski definition) is 4. The van der Waals surface area contributed by atoms with Gasteiger partial charge in [0.15, 0.2) is 0 Å². The number of nitrogens with zero attached hydrogens (tertiary/aromatic N) is 1. The summed E-state index contributed by atoms with van der Waals surface area (Å²) < 4.78 is 4.96. The van der Waals surface area contributed by atoms with E-state index in [0.717, 1.165) is 32.4 Å². The van der Waals surface area contributed by atoms with Gasteiger partial charge in [0.2, 0.25) is 0 Å². The van der Waals surface area contributed by atoms with Crippen molar-refractivity contribution in [2.45, 2.75) is 26.2 Å². The van der Waals surface area contributed by atoms with Gasteiger partial charge in [-0.3, -0.25) is 4.79 Å². The smallest absolute Gasteiger partial charge is 0.252 e. The quantitative estimate of drug-likeness (QED) is 0.686. The van der Waals surface area contributed by atoms with Gasteiger partial charge in [-0.25, -0.2) is 4.98 Å². The van der Waals surface area contributed by atoms with Gasteiger partial charge in [-0.05, 0) is 26.2 Å². The number of aromatic nitrogens is 2. The molecule has 0 aliphatic carbocycles. The maximum absolute atomic E-state index is 11.1. The average molecular weight is 225 g/mol. The molecular weight excluding hydrogens is 206 g/mol. The zero-order valence-corrected chi connectivity index (χ0v) is 9.88. The van der Waals surface area contributed by atoms with Gasteiger partial charge < -0.3 is 15.0 Å². The van der Waals surface area contributed by atoms with Gasteiger partial charge in [0.25, 0.3) is 5.56 Å². The molecule has 0 fully saturated rings. The number of unbranched alkanes of at least 4 members (excludes halogenated alkanes) is 2. The third-order valence-corrected chi connectivity index (χ3v) is 2.19. The van der Waals surface area contributed by atoms with Crippen molar-refractivity contribution in [3.8, 4) is 0 Å². The summed E-state index contributed by atoms with van der Waals surface area (Å²) in [5.74, 6) is 1.28. The Hall–Kier alpha value is -1.36. The molecule has 0 saturated carbocycles. The van der Waals surface area contributed by atoms with Crippen LogP contribution in [0.4, 0.5) is 5.82 Å². The van der Waals surface area contributed by atoms with Crippen molar-refractivity contribution in [3.63, 3.8) is 0 Å². The summed E-state index contributed by atoms with van der Waals surface area (Å²) in [5.41, 5.74) is -0.116. The Balaban J connectivity index is 2.24. The summed E-state index contributed by atoms with van der Waals surface area (Å²) in [6.45, 7) is 3.41. The maximum Gasteiger partial charge on any atom is 0.252 e. The monoisotopic (exact) mass is 225 g/mol. The highest BCUT2D eigenvalue weighted by atomic mass is 16.5. The van der Waals surface area contributed by atoms with Crippen LogP contribution in [0.2, 0.25) is 0 Å². The summed E-state index contributed by atoms with van der Waals surface area (Å²) in [5, 5.41) is 3.13. The largest absolute Gasteiger partial charge is 0.385 e. The molecule has 5 heteroatoms. The Labute approximate surface area is 95.3 Å². The minimum atomic E-state index is -0.116. The minimum absolute atomic E-state index is 0.116. The van der Waals surface area contributed by atoms with Gasteiger partial charge in [-0.15, -0.1) is 0 Å². The highest BCUT2D eigenvalue weighted by Gasteiger charge is 1.96. The normalized spacial score (nSPS) is 10.4. The third-order valence-electron chi connectivity index (χ3n) is 2.19. The fourth-order valence-electron chi connectivity index (χ4n) is 1.43. The molecule has 90 valence electrons. The van der Waals surface area contributed by atoms with Crippen molar-refractivity contribution < 1.29 is 4.74 Å². The molecule has 1 rings (SSSR count). The van der Waals surface area contributed by atoms with Gasteiger partial charge in [0.1, 0.15) is 11.6 Å². The zero-order chi connectivity index (χ0) is 11.8. The minimum Gasteiger partial charge on any atom is -0.385 e. The average Bonchev–Trinajstić information content (AvgIpc) is 2.22. The Bertz CT molecular complexity index is 362. The third kappa shape index (κ3) is 4.93. The first-order valence-electron chi connectivity index (χ1n) is 5.53. The molecule has 0 radical (unpaired) electrons. The molecule has 0 unspecified atom stereocenters. The number of ether oxygens (including phenoxy) is 1. The molecule has 0 aliphatic heterocycles. The molecule has 0 saturated heterocycles. The molecule has 1 aromatic heterocycles. The van der Waals surface area contributed by atoms with Crippen LogP contribution in [-0.2, 0) is 4.74 Å². The SMILES string of the molecule is COCCCCCNc1cc(=O)[nH]c(C)n1. The number of hydrogen-bond donors (Lipinski definition) is 2. The van der Waals surface area contributed by atoms with Gasteiger partial charge in [-0.2, -0.15) is 0 Å². The van der Waals surface area contributed by atoms with E-state index in [1.165, 1.54) is 6.07 Å². The number of aromatic amines is 1. The predicted molar refractivity (Wildman–Crippen MR) is 63.8 cm³/mol. The van der Waals surface area contributed by atoms with Gasteiger partial charge in [0, 0.05) is 26.3 Å². The fraction of sp³-hybridized carbons (Fsp3) is 0.636. The van der Waals surface area contributed by atoms with Crippen molar-refractivity contribution >= 4 is 5.82 Å². The van der Waals surface area contributed by atoms with Crippen LogP contribution in [0.3, 0.4) is 0 Å². The van der Waals surface area contributed by atoms with Gasteiger partial charge in [0.05, 0.1) is 0 Å². The Kier molecular flexibility index (Phi) is 5.56. The molecule has 0 aromatic carbocycles. The Morgan fingerprint density at radius 2 is 2.25 bits per heavy atom. The van der Waals surface area contributed by atoms with E-state index in [0.29, 0.717) is 11.6 Å². The number of aryl methyl sites for hydroxylation is 1. The lowest BCUT2D eigenvalue weighted by atomic mass is 10.2. The van der Waals surface area contributed by atoms with E-state index in [-0.39, 0.29) is 5.56 Å². The molecule has 0 aliphatic rings. The van der Waals surface area contributed by atoms with Gasteiger partial charge >= 0.3 is 0 Å². The summed E-state index contributed by atoms with van der Waals surface area (Å²) in [6.07, 6.45) is 3.24. The van der Waals surface area contributed by atoms with E-state index in [9.17, 15) is 4.79 Å². The molecule has 0 amide bonds. The van der Waals surface area contributed by atoms with Crippen LogP contribution in [0.15, 0.2) is 10.9 Å². The van der Waals surface area contributed by atoms with Crippen LogP contribution < -0.4 is 10.9 Å². The molecule has 16 heavy (non-hydrogen) atoms. The molecule has 0 atom stereocenters. The van der Waals surface area contributed by atoms with Crippen molar-refractivity contribution in [3.05, 3.63) is 22.2 Å². The van der Waals surface area contributed by atoms with Crippen molar-refractivity contribution in [1.29, 1.82) is 0 Å². The lowest BCUT2D eigenvalue weighted by Gasteiger charge is -2.05. The van der Waals surface area contributed by atoms with Crippen LogP contribution in [0.1, 0.15) is 25.1 Å². The van der Waals surface area contributed by atoms with Crippen LogP contribution in [0.25, 0.3) is 0 Å². The second-order valence-corrected chi connectivity index (χ2v) is 3.70. The number of H-pyrrole nitrogens is 1. The van der Waals surface area contributed by atoms with Crippen LogP contribution >= 0.6 is 0 Å². The predicted octanol–water partition coefficient (Wildman–Crippen LogP) is 1.31. The van der Waals surface area contributed by atoms with E-state index in [4.69, 9.17) is 4.74 Å². The molecule has 2 N–H and O–H groups in total. The summed E-state index contributed by atoms with van der Waals surface area (Å²) in [6, 6.07) is 1.47. The number of methoxy groups -OCH3 is 1. The molecule has 0 spiro atoms. The molecule has 0 bridgehead atoms. The van der Waals surface area contributed by atoms with E-state index >= 15 is 0 Å². The second-order valence-electron chi connectivity index (χ2n) is 3.70. The highest BCUT2D eigenvalue weighted by molar-refractivity contribution is 5.32. The highest BCUT2D eigenvalue weighted by Crippen LogP contribution is 2.00. The number of nitrogens with one attached hydrogen (secondary N) is 2. The first-order chi connectivity index (χ1) is 7.72. The molecule has 1 heterocycles. The van der Waals surface area contributed by atoms with Crippen LogP contribution in [-0.4, -0.2) is 30.2 Å². The van der Waals surface area contributed by atoms with Crippen LogP contribution in [0, 0.1) is 6.92 Å². The summed E-state index contributed by atoms with van der Waals surface area (Å²) in [7, 11) is 1.71. The van der Waals surface area contributed by atoms with E-state index in [1.807, 2.05) is 0 Å². The van der Waals surface area contributed by atoms with E-state index in [1.54, 1.807) is 14.0 Å². The molecular formula is C11H19N3O2. The number of anilines is 1. The summed E-state index contributed by atoms with van der Waals surface area (Å²) in [4.78, 5) is 17.9. The fourth-order valence-corrected chi connectivity index (χ4v) is 1.43. The van der Waals surface area contributed by atoms with Crippen LogP contribution in [0.5, 0.6) is 0 Å². The maximum atomic E-state index is 11.1. The molecule has 1 aromatic rings. The first-order valence-corrected chi connectivity index (χ1v) is 5.53. The Morgan fingerprint density at radius 3 is 2.94 bits per heavy atom. The lowest BCUT2D eigenvalue weighted by molar-refractivity contribution is 0.192. The van der Waals surface area contributed by atoms with Crippen molar-refractivity contribution in [2.75, 3.05) is 25.6 Å². The van der Waals surface area contributed by atoms with Crippen molar-refractivity contribution in [2.24, 2.45) is 0 Å². The van der Waals surface area contributed by atoms with E-state index < -0.39 is 0 Å². The second kappa shape index (κ2) is 7.00. The standard InChI is InChI=1S/C11H19N3O2/c1-9-13-10(8-11(15)14-9)12-6-4-3-5-7-16-2/h8H,3-7H2,1-2H3,(H2,12,13,14,15).